The molecule has 3 rings (SSSR count). The molecule has 1 heterocycles. The van der Waals surface area contributed by atoms with Crippen molar-refractivity contribution >= 4 is 34.5 Å². The van der Waals surface area contributed by atoms with Crippen LogP contribution in [0.3, 0.4) is 0 Å². The van der Waals surface area contributed by atoms with E-state index in [9.17, 15) is 9.59 Å². The molecule has 5 nitrogen and oxygen atoms in total. The molecule has 0 aliphatic heterocycles. The molecule has 0 unspecified atom stereocenters. The number of benzene rings is 2. The lowest BCUT2D eigenvalue weighted by atomic mass is 10.2. The average molecular weight is 351 g/mol. The van der Waals surface area contributed by atoms with E-state index in [1.54, 1.807) is 6.07 Å². The summed E-state index contributed by atoms with van der Waals surface area (Å²) in [5.41, 5.74) is 6.92. The molecule has 2 aromatic carbocycles. The van der Waals surface area contributed by atoms with Crippen molar-refractivity contribution in [1.29, 1.82) is 0 Å². The van der Waals surface area contributed by atoms with Crippen molar-refractivity contribution in [3.05, 3.63) is 71.9 Å². The largest absolute Gasteiger partial charge is 0.288 e. The number of nitrogens with zero attached hydrogens (tertiary/aromatic N) is 1. The summed E-state index contributed by atoms with van der Waals surface area (Å²) in [5.74, 6) is -0.501. The maximum absolute atomic E-state index is 12.1. The van der Waals surface area contributed by atoms with Crippen molar-refractivity contribution in [2.75, 3.05) is 5.75 Å². The Balaban J connectivity index is 1.54. The zero-order valence-electron chi connectivity index (χ0n) is 13.7. The monoisotopic (exact) mass is 351 g/mol. The topological polar surface area (TPSA) is 71.1 Å². The normalized spacial score (nSPS) is 10.4. The van der Waals surface area contributed by atoms with Gasteiger partial charge >= 0.3 is 0 Å². The predicted molar refractivity (Wildman–Crippen MR) is 99.3 cm³/mol. The Hall–Kier alpha value is -2.86. The number of hydrazine groups is 1. The summed E-state index contributed by atoms with van der Waals surface area (Å²) in [5, 5.41) is 0.956. The van der Waals surface area contributed by atoms with Gasteiger partial charge in [0, 0.05) is 10.3 Å². The summed E-state index contributed by atoms with van der Waals surface area (Å²) in [4.78, 5) is 29.4. The minimum Gasteiger partial charge on any atom is -0.272 e. The fraction of sp³-hybridized carbons (Fsp3) is 0.105. The molecule has 0 atom stereocenters. The zero-order chi connectivity index (χ0) is 17.6. The smallest absolute Gasteiger partial charge is 0.272 e. The molecule has 2 amide bonds. The van der Waals surface area contributed by atoms with Gasteiger partial charge in [0.1, 0.15) is 5.69 Å². The van der Waals surface area contributed by atoms with E-state index in [4.69, 9.17) is 0 Å². The van der Waals surface area contributed by atoms with Crippen LogP contribution >= 0.6 is 11.8 Å². The number of carbonyl (C=O) groups is 2. The van der Waals surface area contributed by atoms with Gasteiger partial charge in [-0.25, -0.2) is 4.98 Å². The average Bonchev–Trinajstić information content (AvgIpc) is 2.65. The van der Waals surface area contributed by atoms with Gasteiger partial charge in [-0.2, -0.15) is 0 Å². The van der Waals surface area contributed by atoms with E-state index in [1.807, 2.05) is 61.5 Å². The number of amides is 2. The third-order valence-corrected chi connectivity index (χ3v) is 4.77. The van der Waals surface area contributed by atoms with E-state index in [-0.39, 0.29) is 17.4 Å². The molecule has 2 N–H and O–H groups in total. The van der Waals surface area contributed by atoms with E-state index in [2.05, 4.69) is 15.8 Å². The van der Waals surface area contributed by atoms with Crippen LogP contribution in [-0.4, -0.2) is 22.6 Å². The second kappa shape index (κ2) is 7.81. The van der Waals surface area contributed by atoms with Gasteiger partial charge in [-0.15, -0.1) is 11.8 Å². The van der Waals surface area contributed by atoms with Gasteiger partial charge in [-0.3, -0.25) is 20.4 Å². The molecule has 0 radical (unpaired) electrons. The lowest BCUT2D eigenvalue weighted by molar-refractivity contribution is -0.119. The molecular weight excluding hydrogens is 334 g/mol. The Kier molecular flexibility index (Phi) is 5.30. The first-order valence-corrected chi connectivity index (χ1v) is 8.75. The molecule has 6 heteroatoms. The highest BCUT2D eigenvalue weighted by molar-refractivity contribution is 8.00. The molecular formula is C19H17N3O2S. The Morgan fingerprint density at radius 2 is 1.72 bits per heavy atom. The van der Waals surface area contributed by atoms with Crippen LogP contribution in [0.2, 0.25) is 0 Å². The van der Waals surface area contributed by atoms with Crippen LogP contribution in [0.5, 0.6) is 0 Å². The second-order valence-electron chi connectivity index (χ2n) is 5.45. The molecule has 0 spiro atoms. The number of fused-ring (bicyclic) bond motifs is 1. The number of thioether (sulfide) groups is 1. The van der Waals surface area contributed by atoms with Crippen molar-refractivity contribution in [1.82, 2.24) is 15.8 Å². The summed E-state index contributed by atoms with van der Waals surface area (Å²) in [7, 11) is 0. The van der Waals surface area contributed by atoms with Gasteiger partial charge < -0.3 is 0 Å². The highest BCUT2D eigenvalue weighted by Crippen LogP contribution is 2.21. The standard InChI is InChI=1S/C19H17N3O2S/c1-13-6-2-5-9-17(13)25-12-18(23)21-22-19(24)16-11-10-14-7-3-4-8-15(14)20-16/h2-11H,12H2,1H3,(H,21,23)(H,22,24). The first-order chi connectivity index (χ1) is 12.1. The number of rotatable bonds is 4. The third kappa shape index (κ3) is 4.36. The Bertz CT molecular complexity index is 927. The van der Waals surface area contributed by atoms with E-state index >= 15 is 0 Å². The number of nitrogens with one attached hydrogen (secondary N) is 2. The molecule has 3 aromatic rings. The van der Waals surface area contributed by atoms with Crippen LogP contribution in [0.25, 0.3) is 10.9 Å². The van der Waals surface area contributed by atoms with Gasteiger partial charge in [0.05, 0.1) is 11.3 Å². The van der Waals surface area contributed by atoms with Gasteiger partial charge in [0.2, 0.25) is 5.91 Å². The molecule has 0 aliphatic carbocycles. The zero-order valence-corrected chi connectivity index (χ0v) is 14.5. The minimum atomic E-state index is -0.444. The van der Waals surface area contributed by atoms with Gasteiger partial charge in [-0.1, -0.05) is 42.5 Å². The molecule has 0 fully saturated rings. The molecule has 0 bridgehead atoms. The summed E-state index contributed by atoms with van der Waals surface area (Å²) < 4.78 is 0. The maximum atomic E-state index is 12.1. The van der Waals surface area contributed by atoms with Crippen molar-refractivity contribution < 1.29 is 9.59 Å². The van der Waals surface area contributed by atoms with Crippen LogP contribution in [0.15, 0.2) is 65.6 Å². The van der Waals surface area contributed by atoms with Gasteiger partial charge in [0.15, 0.2) is 0 Å². The SMILES string of the molecule is Cc1ccccc1SCC(=O)NNC(=O)c1ccc2ccccc2n1. The molecule has 126 valence electrons. The van der Waals surface area contributed by atoms with E-state index in [0.29, 0.717) is 0 Å². The maximum Gasteiger partial charge on any atom is 0.288 e. The highest BCUT2D eigenvalue weighted by atomic mass is 32.2. The van der Waals surface area contributed by atoms with E-state index in [0.717, 1.165) is 21.4 Å². The van der Waals surface area contributed by atoms with Crippen LogP contribution in [0, 0.1) is 6.92 Å². The van der Waals surface area contributed by atoms with Crippen LogP contribution < -0.4 is 10.9 Å². The lowest BCUT2D eigenvalue weighted by Gasteiger charge is -2.08. The number of hydrogen-bond donors (Lipinski definition) is 2. The minimum absolute atomic E-state index is 0.219. The van der Waals surface area contributed by atoms with Crippen molar-refractivity contribution in [2.45, 2.75) is 11.8 Å². The number of hydrogen-bond acceptors (Lipinski definition) is 4. The molecule has 25 heavy (non-hydrogen) atoms. The number of pyridine rings is 1. The van der Waals surface area contributed by atoms with Gasteiger partial charge in [-0.05, 0) is 30.7 Å². The van der Waals surface area contributed by atoms with Crippen LogP contribution in [-0.2, 0) is 4.79 Å². The summed E-state index contributed by atoms with van der Waals surface area (Å²) >= 11 is 1.43. The van der Waals surface area contributed by atoms with E-state index in [1.165, 1.54) is 11.8 Å². The van der Waals surface area contributed by atoms with Crippen LogP contribution in [0.1, 0.15) is 16.1 Å². The quantitative estimate of drug-likeness (QED) is 0.560. The number of para-hydroxylation sites is 1. The molecule has 0 saturated carbocycles. The lowest BCUT2D eigenvalue weighted by Crippen LogP contribution is -2.42. The molecule has 0 aliphatic rings. The fourth-order valence-electron chi connectivity index (χ4n) is 2.28. The fourth-order valence-corrected chi connectivity index (χ4v) is 3.11. The predicted octanol–water partition coefficient (Wildman–Crippen LogP) is 3.10. The Morgan fingerprint density at radius 3 is 2.56 bits per heavy atom. The van der Waals surface area contributed by atoms with Crippen molar-refractivity contribution in [3.8, 4) is 0 Å². The van der Waals surface area contributed by atoms with E-state index < -0.39 is 5.91 Å². The summed E-state index contributed by atoms with van der Waals surface area (Å²) in [6.45, 7) is 1.99. The van der Waals surface area contributed by atoms with Gasteiger partial charge in [0.25, 0.3) is 5.91 Å². The van der Waals surface area contributed by atoms with Crippen molar-refractivity contribution in [3.63, 3.8) is 0 Å². The second-order valence-corrected chi connectivity index (χ2v) is 6.46. The third-order valence-electron chi connectivity index (χ3n) is 3.60. The number of aryl methyl sites for hydroxylation is 1. The number of aromatic nitrogens is 1. The summed E-state index contributed by atoms with van der Waals surface area (Å²) in [6.07, 6.45) is 0. The van der Waals surface area contributed by atoms with Crippen molar-refractivity contribution in [2.24, 2.45) is 0 Å². The molecule has 1 aromatic heterocycles. The Morgan fingerprint density at radius 1 is 0.960 bits per heavy atom. The first-order valence-electron chi connectivity index (χ1n) is 7.77. The number of carbonyl (C=O) groups excluding carboxylic acids is 2. The summed E-state index contributed by atoms with van der Waals surface area (Å²) in [6, 6.07) is 18.8. The van der Waals surface area contributed by atoms with Crippen LogP contribution in [0.4, 0.5) is 0 Å². The first kappa shape index (κ1) is 17.0. The highest BCUT2D eigenvalue weighted by Gasteiger charge is 2.10. The Labute approximate surface area is 149 Å². The molecule has 0 saturated heterocycles.